The van der Waals surface area contributed by atoms with Gasteiger partial charge in [-0.1, -0.05) is 348 Å². The molecule has 0 bridgehead atoms. The highest BCUT2D eigenvalue weighted by Crippen LogP contribution is 2.24. The van der Waals surface area contributed by atoms with Gasteiger partial charge in [-0.25, -0.2) is 0 Å². The van der Waals surface area contributed by atoms with Crippen molar-refractivity contribution in [2.75, 3.05) is 13.2 Å². The highest BCUT2D eigenvalue weighted by molar-refractivity contribution is 5.80. The molecule has 0 spiro atoms. The van der Waals surface area contributed by atoms with Crippen LogP contribution in [-0.4, -0.2) is 110 Å². The minimum Gasteiger partial charge on any atom is -0.394 e. The van der Waals surface area contributed by atoms with Gasteiger partial charge >= 0.3 is 0 Å². The number of ether oxygens (including phenoxy) is 2. The predicted octanol–water partition coefficient (Wildman–Crippen LogP) is 16.5. The van der Waals surface area contributed by atoms with Crippen molar-refractivity contribution in [2.24, 2.45) is 0 Å². The van der Waals surface area contributed by atoms with E-state index in [0.717, 1.165) is 38.5 Å². The molecule has 0 aromatic carbocycles. The van der Waals surface area contributed by atoms with Crippen molar-refractivity contribution in [3.8, 4) is 0 Å². The summed E-state index contributed by atoms with van der Waals surface area (Å²) < 4.78 is 11.2. The van der Waals surface area contributed by atoms with Crippen LogP contribution in [0.25, 0.3) is 0 Å². The van der Waals surface area contributed by atoms with Crippen LogP contribution < -0.4 is 5.32 Å². The fourth-order valence-corrected chi connectivity index (χ4v) is 11.8. The Hall–Kier alpha value is -0.890. The van der Waals surface area contributed by atoms with Crippen molar-refractivity contribution in [3.63, 3.8) is 0 Å². The Balaban J connectivity index is 2.18. The molecule has 0 aliphatic carbocycles. The summed E-state index contributed by atoms with van der Waals surface area (Å²) >= 11 is 0. The van der Waals surface area contributed by atoms with Crippen LogP contribution in [0.15, 0.2) is 0 Å². The zero-order valence-electron chi connectivity index (χ0n) is 52.1. The molecule has 0 radical (unpaired) electrons. The van der Waals surface area contributed by atoms with E-state index in [4.69, 9.17) is 9.47 Å². The molecule has 1 saturated heterocycles. The lowest BCUT2D eigenvalue weighted by atomic mass is 9.98. The molecule has 79 heavy (non-hydrogen) atoms. The molecule has 1 amide bonds. The smallest absolute Gasteiger partial charge is 0.249 e. The number of carbonyl (C=O) groups excluding carboxylic acids is 1. The van der Waals surface area contributed by atoms with E-state index in [2.05, 4.69) is 19.2 Å². The van der Waals surface area contributed by atoms with E-state index >= 15 is 0 Å². The van der Waals surface area contributed by atoms with Crippen molar-refractivity contribution < 1.29 is 50.0 Å². The number of hydrogen-bond donors (Lipinski definition) is 8. The first-order chi connectivity index (χ1) is 38.7. The summed E-state index contributed by atoms with van der Waals surface area (Å²) in [5.74, 6) is -0.687. The van der Waals surface area contributed by atoms with Crippen LogP contribution in [0.5, 0.6) is 0 Å². The molecular weight excluding hydrogens is 991 g/mol. The third-order valence-electron chi connectivity index (χ3n) is 17.4. The third-order valence-corrected chi connectivity index (χ3v) is 17.4. The Morgan fingerprint density at radius 1 is 0.392 bits per heavy atom. The lowest BCUT2D eigenvalue weighted by molar-refractivity contribution is -0.303. The van der Waals surface area contributed by atoms with Gasteiger partial charge in [0, 0.05) is 0 Å². The van der Waals surface area contributed by atoms with E-state index in [9.17, 15) is 40.5 Å². The molecule has 472 valence electrons. The van der Waals surface area contributed by atoms with Crippen LogP contribution in [0.2, 0.25) is 0 Å². The molecule has 1 aliphatic rings. The van der Waals surface area contributed by atoms with Gasteiger partial charge in [-0.15, -0.1) is 0 Å². The second-order valence-corrected chi connectivity index (χ2v) is 25.0. The molecule has 8 N–H and O–H groups in total. The Labute approximate surface area is 488 Å². The van der Waals surface area contributed by atoms with Crippen molar-refractivity contribution in [1.29, 1.82) is 0 Å². The third kappa shape index (κ3) is 45.2. The molecule has 11 nitrogen and oxygen atoms in total. The first-order valence-electron chi connectivity index (χ1n) is 34.9. The maximum atomic E-state index is 13.2. The van der Waals surface area contributed by atoms with Crippen molar-refractivity contribution in [3.05, 3.63) is 0 Å². The summed E-state index contributed by atoms with van der Waals surface area (Å²) in [5.41, 5.74) is 0. The van der Waals surface area contributed by atoms with E-state index in [1.807, 2.05) is 0 Å². The number of hydrogen-bond acceptors (Lipinski definition) is 10. The van der Waals surface area contributed by atoms with Gasteiger partial charge in [0.25, 0.3) is 0 Å². The minimum absolute atomic E-state index is 0.267. The zero-order valence-corrected chi connectivity index (χ0v) is 52.1. The largest absolute Gasteiger partial charge is 0.394 e. The lowest BCUT2D eigenvalue weighted by Crippen LogP contribution is -2.60. The number of nitrogens with one attached hydrogen (secondary N) is 1. The summed E-state index contributed by atoms with van der Waals surface area (Å²) in [7, 11) is 0. The molecule has 0 aromatic heterocycles. The van der Waals surface area contributed by atoms with Crippen molar-refractivity contribution >= 4 is 5.91 Å². The normalized spacial score (nSPS) is 19.2. The number of aliphatic hydroxyl groups excluding tert-OH is 7. The Morgan fingerprint density at radius 2 is 0.658 bits per heavy atom. The summed E-state index contributed by atoms with van der Waals surface area (Å²) in [6.45, 7) is 3.53. The van der Waals surface area contributed by atoms with E-state index in [1.54, 1.807) is 0 Å². The first-order valence-corrected chi connectivity index (χ1v) is 34.9. The summed E-state index contributed by atoms with van der Waals surface area (Å²) in [4.78, 5) is 13.2. The van der Waals surface area contributed by atoms with E-state index < -0.39 is 74.2 Å². The summed E-state index contributed by atoms with van der Waals surface area (Å²) in [6.07, 6.45) is 57.5. The minimum atomic E-state index is -1.66. The van der Waals surface area contributed by atoms with Crippen LogP contribution in [0.3, 0.4) is 0 Å². The molecule has 1 aliphatic heterocycles. The van der Waals surface area contributed by atoms with Crippen LogP contribution >= 0.6 is 0 Å². The quantitative estimate of drug-likeness (QED) is 0.0272. The second kappa shape index (κ2) is 57.5. The van der Waals surface area contributed by atoms with Gasteiger partial charge in [-0.05, 0) is 12.8 Å². The van der Waals surface area contributed by atoms with Crippen LogP contribution in [0.4, 0.5) is 0 Å². The maximum absolute atomic E-state index is 13.2. The first kappa shape index (κ1) is 76.1. The number of amides is 1. The molecule has 1 fully saturated rings. The highest BCUT2D eigenvalue weighted by atomic mass is 16.7. The van der Waals surface area contributed by atoms with Crippen LogP contribution in [0.1, 0.15) is 361 Å². The van der Waals surface area contributed by atoms with E-state index in [1.165, 1.54) is 283 Å². The SMILES string of the molecule is CCCCCCCCCCCCCCCCCCCCCCCCCCCCCCCCC(O)C(O)C(COC1OC(CO)C(O)C(O)C1O)NC(=O)C(O)CCCCCCCCCCCCCCCCCCCCCCCC. The number of unbranched alkanes of at least 4 members (excludes halogenated alkanes) is 50. The second-order valence-electron chi connectivity index (χ2n) is 25.0. The average molecular weight is 1130 g/mol. The standard InChI is InChI=1S/C68H135NO10/c1-3-5-7-9-11-13-15-17-19-21-23-25-27-28-29-30-31-32-33-34-36-37-39-41-43-45-47-49-51-53-55-60(71)63(73)59(58-78-68-66(76)65(75)64(74)62(57-70)79-68)69-67(77)61(72)56-54-52-50-48-46-44-42-40-38-35-26-24-22-20-18-16-14-12-10-8-6-4-2/h59-66,68,70-76H,3-58H2,1-2H3,(H,69,77). The van der Waals surface area contributed by atoms with Crippen LogP contribution in [-0.2, 0) is 14.3 Å². The van der Waals surface area contributed by atoms with Gasteiger partial charge in [-0.2, -0.15) is 0 Å². The molecule has 0 aromatic rings. The number of rotatable bonds is 62. The highest BCUT2D eigenvalue weighted by Gasteiger charge is 2.44. The van der Waals surface area contributed by atoms with Gasteiger partial charge < -0.3 is 50.5 Å². The fraction of sp³-hybridized carbons (Fsp3) is 0.985. The topological polar surface area (TPSA) is 189 Å². The van der Waals surface area contributed by atoms with E-state index in [0.29, 0.717) is 19.3 Å². The van der Waals surface area contributed by atoms with Gasteiger partial charge in [0.2, 0.25) is 5.91 Å². The van der Waals surface area contributed by atoms with Gasteiger partial charge in [0.15, 0.2) is 6.29 Å². The number of aliphatic hydroxyl groups is 7. The van der Waals surface area contributed by atoms with Gasteiger partial charge in [0.05, 0.1) is 25.4 Å². The fourth-order valence-electron chi connectivity index (χ4n) is 11.8. The van der Waals surface area contributed by atoms with Gasteiger partial charge in [0.1, 0.15) is 36.6 Å². The zero-order chi connectivity index (χ0) is 57.5. The number of carbonyl (C=O) groups is 1. The molecule has 1 heterocycles. The average Bonchev–Trinajstić information content (AvgIpc) is 3.46. The molecule has 11 heteroatoms. The lowest BCUT2D eigenvalue weighted by Gasteiger charge is -2.40. The molecular formula is C68H135NO10. The maximum Gasteiger partial charge on any atom is 0.249 e. The molecule has 0 saturated carbocycles. The summed E-state index contributed by atoms with van der Waals surface area (Å²) in [6, 6.07) is -1.16. The Morgan fingerprint density at radius 3 is 0.937 bits per heavy atom. The Kier molecular flexibility index (Phi) is 55.4. The molecule has 9 atom stereocenters. The molecule has 9 unspecified atom stereocenters. The summed E-state index contributed by atoms with van der Waals surface area (Å²) in [5, 5.41) is 76.5. The van der Waals surface area contributed by atoms with E-state index in [-0.39, 0.29) is 6.42 Å². The Bertz CT molecular complexity index is 1250. The molecule has 1 rings (SSSR count). The van der Waals surface area contributed by atoms with Crippen molar-refractivity contribution in [1.82, 2.24) is 5.32 Å². The van der Waals surface area contributed by atoms with Gasteiger partial charge in [-0.3, -0.25) is 4.79 Å². The van der Waals surface area contributed by atoms with Crippen LogP contribution in [0, 0.1) is 0 Å². The predicted molar refractivity (Wildman–Crippen MR) is 330 cm³/mol. The van der Waals surface area contributed by atoms with Crippen molar-refractivity contribution in [2.45, 2.75) is 416 Å². The monoisotopic (exact) mass is 1130 g/mol.